The Labute approximate surface area is 203 Å². The van der Waals surface area contributed by atoms with Crippen LogP contribution in [0.1, 0.15) is 33.0 Å². The topological polar surface area (TPSA) is 86.6 Å². The molecule has 0 aliphatic carbocycles. The summed E-state index contributed by atoms with van der Waals surface area (Å²) >= 11 is 1.47. The van der Waals surface area contributed by atoms with Gasteiger partial charge in [-0.1, -0.05) is 12.1 Å². The number of rotatable bonds is 5. The number of aromatic hydroxyl groups is 2. The highest BCUT2D eigenvalue weighted by Crippen LogP contribution is 2.33. The molecule has 2 aromatic carbocycles. The van der Waals surface area contributed by atoms with Crippen LogP contribution in [0.4, 0.5) is 18.9 Å². The second kappa shape index (κ2) is 9.38. The maximum atomic E-state index is 13.4. The van der Waals surface area contributed by atoms with Gasteiger partial charge in [-0.3, -0.25) is 4.79 Å². The molecule has 0 spiro atoms. The number of phenols is 2. The van der Waals surface area contributed by atoms with Gasteiger partial charge >= 0.3 is 6.18 Å². The Morgan fingerprint density at radius 1 is 1.03 bits per heavy atom. The van der Waals surface area contributed by atoms with E-state index in [1.807, 2.05) is 16.8 Å². The predicted molar refractivity (Wildman–Crippen MR) is 127 cm³/mol. The molecule has 0 fully saturated rings. The Bertz CT molecular complexity index is 1370. The molecule has 4 aromatic rings. The zero-order valence-corrected chi connectivity index (χ0v) is 19.5. The van der Waals surface area contributed by atoms with E-state index in [4.69, 9.17) is 0 Å². The molecule has 6 nitrogen and oxygen atoms in total. The number of phenolic OH excluding ortho intramolecular Hbond substituents is 2. The largest absolute Gasteiger partial charge is 0.508 e. The summed E-state index contributed by atoms with van der Waals surface area (Å²) in [7, 11) is 0. The fourth-order valence-electron chi connectivity index (χ4n) is 3.53. The Hall–Kier alpha value is -3.92. The molecule has 1 amide bonds. The summed E-state index contributed by atoms with van der Waals surface area (Å²) in [4.78, 5) is 22.1. The van der Waals surface area contributed by atoms with E-state index >= 15 is 0 Å². The number of benzene rings is 2. The van der Waals surface area contributed by atoms with Crippen molar-refractivity contribution in [1.82, 2.24) is 9.97 Å². The molecule has 2 heterocycles. The van der Waals surface area contributed by atoms with E-state index in [9.17, 15) is 28.2 Å². The third kappa shape index (κ3) is 5.12. The monoisotopic (exact) mass is 499 g/mol. The van der Waals surface area contributed by atoms with Crippen LogP contribution in [0.25, 0.3) is 11.3 Å². The van der Waals surface area contributed by atoms with Crippen LogP contribution >= 0.6 is 11.3 Å². The standard InChI is InChI=1S/C25H20F3N3O3S/c1-14-15(2)29-24(25(26,27)28)30-22(14)17-3-5-18(6-4-17)31(12-16-9-10-35-13-16)23(34)20-8-7-19(32)11-21(20)33/h3-11,13,32-33H,12H2,1-2H3. The number of anilines is 1. The summed E-state index contributed by atoms with van der Waals surface area (Å²) in [5.41, 5.74) is 2.68. The van der Waals surface area contributed by atoms with Gasteiger partial charge in [0.2, 0.25) is 5.82 Å². The van der Waals surface area contributed by atoms with Crippen LogP contribution in [0.3, 0.4) is 0 Å². The zero-order chi connectivity index (χ0) is 25.3. The lowest BCUT2D eigenvalue weighted by Gasteiger charge is -2.23. The summed E-state index contributed by atoms with van der Waals surface area (Å²) in [5.74, 6) is -2.26. The first-order valence-corrected chi connectivity index (χ1v) is 11.4. The number of alkyl halides is 3. The first kappa shape index (κ1) is 24.2. The molecule has 0 aliphatic heterocycles. The van der Waals surface area contributed by atoms with Crippen LogP contribution in [-0.4, -0.2) is 26.1 Å². The summed E-state index contributed by atoms with van der Waals surface area (Å²) in [6.45, 7) is 3.35. The SMILES string of the molecule is Cc1nc(C(F)(F)F)nc(-c2ccc(N(Cc3ccsc3)C(=O)c3ccc(O)cc3O)cc2)c1C. The van der Waals surface area contributed by atoms with Crippen LogP contribution in [0.5, 0.6) is 11.5 Å². The molecule has 35 heavy (non-hydrogen) atoms. The van der Waals surface area contributed by atoms with Gasteiger partial charge < -0.3 is 15.1 Å². The molecule has 4 rings (SSSR count). The van der Waals surface area contributed by atoms with Crippen LogP contribution in [0.2, 0.25) is 0 Å². The number of aryl methyl sites for hydroxylation is 1. The zero-order valence-electron chi connectivity index (χ0n) is 18.7. The molecule has 2 aromatic heterocycles. The number of hydrogen-bond acceptors (Lipinski definition) is 6. The van der Waals surface area contributed by atoms with Crippen molar-refractivity contribution in [3.05, 3.63) is 87.5 Å². The third-order valence-corrected chi connectivity index (χ3v) is 6.20. The van der Waals surface area contributed by atoms with Crippen molar-refractivity contribution in [1.29, 1.82) is 0 Å². The number of aromatic nitrogens is 2. The van der Waals surface area contributed by atoms with E-state index in [-0.39, 0.29) is 35.0 Å². The van der Waals surface area contributed by atoms with E-state index in [0.29, 0.717) is 16.8 Å². The fourth-order valence-corrected chi connectivity index (χ4v) is 4.19. The fraction of sp³-hybridized carbons (Fsp3) is 0.160. The molecule has 0 radical (unpaired) electrons. The van der Waals surface area contributed by atoms with Crippen LogP contribution in [-0.2, 0) is 12.7 Å². The molecule has 10 heteroatoms. The van der Waals surface area contributed by atoms with Gasteiger partial charge in [-0.15, -0.1) is 0 Å². The van der Waals surface area contributed by atoms with Gasteiger partial charge in [-0.25, -0.2) is 9.97 Å². The van der Waals surface area contributed by atoms with Crippen molar-refractivity contribution in [3.63, 3.8) is 0 Å². The minimum Gasteiger partial charge on any atom is -0.508 e. The van der Waals surface area contributed by atoms with Gasteiger partial charge in [0.25, 0.3) is 5.91 Å². The molecular formula is C25H20F3N3O3S. The summed E-state index contributed by atoms with van der Waals surface area (Å²) < 4.78 is 39.7. The van der Waals surface area contributed by atoms with Crippen LogP contribution in [0.15, 0.2) is 59.3 Å². The lowest BCUT2D eigenvalue weighted by molar-refractivity contribution is -0.145. The number of nitrogens with zero attached hydrogens (tertiary/aromatic N) is 3. The van der Waals surface area contributed by atoms with Crippen molar-refractivity contribution in [2.24, 2.45) is 0 Å². The first-order valence-electron chi connectivity index (χ1n) is 10.4. The second-order valence-corrected chi connectivity index (χ2v) is 8.66. The molecule has 0 atom stereocenters. The Morgan fingerprint density at radius 2 is 1.74 bits per heavy atom. The number of thiophene rings is 1. The molecule has 180 valence electrons. The quantitative estimate of drug-likeness (QED) is 0.347. The van der Waals surface area contributed by atoms with Gasteiger partial charge in [0.1, 0.15) is 11.5 Å². The lowest BCUT2D eigenvalue weighted by Crippen LogP contribution is -2.30. The number of carbonyl (C=O) groups is 1. The number of hydrogen-bond donors (Lipinski definition) is 2. The van der Waals surface area contributed by atoms with E-state index in [1.54, 1.807) is 31.2 Å². The highest BCUT2D eigenvalue weighted by molar-refractivity contribution is 7.07. The summed E-state index contributed by atoms with van der Waals surface area (Å²) in [6.07, 6.45) is -4.68. The van der Waals surface area contributed by atoms with E-state index < -0.39 is 17.9 Å². The number of carbonyl (C=O) groups excluding carboxylic acids is 1. The second-order valence-electron chi connectivity index (χ2n) is 7.88. The minimum atomic E-state index is -4.68. The van der Waals surface area contributed by atoms with Crippen molar-refractivity contribution in [2.45, 2.75) is 26.6 Å². The van der Waals surface area contributed by atoms with Gasteiger partial charge in [0, 0.05) is 23.0 Å². The molecule has 0 bridgehead atoms. The van der Waals surface area contributed by atoms with Crippen molar-refractivity contribution >= 4 is 22.9 Å². The molecule has 0 saturated carbocycles. The normalized spacial score (nSPS) is 11.5. The third-order valence-electron chi connectivity index (χ3n) is 5.47. The maximum absolute atomic E-state index is 13.4. The summed E-state index contributed by atoms with van der Waals surface area (Å²) in [6, 6.07) is 12.0. The highest BCUT2D eigenvalue weighted by atomic mass is 32.1. The average Bonchev–Trinajstić information content (AvgIpc) is 3.32. The smallest absolute Gasteiger partial charge is 0.451 e. The van der Waals surface area contributed by atoms with Gasteiger partial charge in [0.05, 0.1) is 17.8 Å². The van der Waals surface area contributed by atoms with E-state index in [1.165, 1.54) is 35.3 Å². The molecule has 2 N–H and O–H groups in total. The van der Waals surface area contributed by atoms with Crippen molar-refractivity contribution in [2.75, 3.05) is 4.90 Å². The predicted octanol–water partition coefficient (Wildman–Crippen LogP) is 6.10. The highest BCUT2D eigenvalue weighted by Gasteiger charge is 2.35. The van der Waals surface area contributed by atoms with Gasteiger partial charge in [-0.05, 0) is 66.1 Å². The van der Waals surface area contributed by atoms with Crippen molar-refractivity contribution < 1.29 is 28.2 Å². The van der Waals surface area contributed by atoms with E-state index in [0.717, 1.165) is 11.6 Å². The van der Waals surface area contributed by atoms with E-state index in [2.05, 4.69) is 9.97 Å². The summed E-state index contributed by atoms with van der Waals surface area (Å²) in [5, 5.41) is 23.5. The van der Waals surface area contributed by atoms with Crippen LogP contribution in [0, 0.1) is 13.8 Å². The molecule has 0 saturated heterocycles. The molecule has 0 unspecified atom stereocenters. The number of amides is 1. The molecular weight excluding hydrogens is 479 g/mol. The first-order chi connectivity index (χ1) is 16.5. The Morgan fingerprint density at radius 3 is 2.34 bits per heavy atom. The van der Waals surface area contributed by atoms with Crippen molar-refractivity contribution in [3.8, 4) is 22.8 Å². The Balaban J connectivity index is 1.74. The minimum absolute atomic E-state index is 0.000746. The van der Waals surface area contributed by atoms with Gasteiger partial charge in [0.15, 0.2) is 0 Å². The lowest BCUT2D eigenvalue weighted by atomic mass is 10.0. The maximum Gasteiger partial charge on any atom is 0.451 e. The van der Waals surface area contributed by atoms with Gasteiger partial charge in [-0.2, -0.15) is 24.5 Å². The number of halogens is 3. The average molecular weight is 500 g/mol. The van der Waals surface area contributed by atoms with Crippen LogP contribution < -0.4 is 4.90 Å². The Kier molecular flexibility index (Phi) is 6.49. The molecule has 0 aliphatic rings.